The van der Waals surface area contributed by atoms with Gasteiger partial charge >= 0.3 is 0 Å². The van der Waals surface area contributed by atoms with Gasteiger partial charge < -0.3 is 15.3 Å². The third-order valence-electron chi connectivity index (χ3n) is 3.79. The molecule has 0 radical (unpaired) electrons. The van der Waals surface area contributed by atoms with Gasteiger partial charge in [-0.25, -0.2) is 8.42 Å². The standard InChI is InChI=1S/C17H15NO5S/c1-10-12-7-6-11(8-13(12)17(21)9-16(10)20)24(22,23)18-14-4-2-3-5-15(14)19/h2-9,18-21H,1H3. The molecule has 0 spiro atoms. The molecule has 0 unspecified atom stereocenters. The molecule has 3 aromatic rings. The smallest absolute Gasteiger partial charge is 0.262 e. The van der Waals surface area contributed by atoms with Crippen LogP contribution in [0.25, 0.3) is 10.8 Å². The minimum Gasteiger partial charge on any atom is -0.508 e. The summed E-state index contributed by atoms with van der Waals surface area (Å²) in [6.45, 7) is 1.67. The summed E-state index contributed by atoms with van der Waals surface area (Å²) in [7, 11) is -3.95. The van der Waals surface area contributed by atoms with E-state index in [1.54, 1.807) is 19.1 Å². The SMILES string of the molecule is Cc1c(O)cc(O)c2cc(S(=O)(=O)Nc3ccccc3O)ccc12. The summed E-state index contributed by atoms with van der Waals surface area (Å²) in [5.41, 5.74) is 0.601. The molecule has 0 aliphatic heterocycles. The highest BCUT2D eigenvalue weighted by molar-refractivity contribution is 7.92. The average Bonchev–Trinajstić information content (AvgIpc) is 2.54. The van der Waals surface area contributed by atoms with Crippen molar-refractivity contribution in [3.8, 4) is 17.2 Å². The maximum Gasteiger partial charge on any atom is 0.262 e. The first-order chi connectivity index (χ1) is 11.3. The zero-order valence-corrected chi connectivity index (χ0v) is 13.5. The Balaban J connectivity index is 2.10. The van der Waals surface area contributed by atoms with Crippen LogP contribution < -0.4 is 4.72 Å². The first-order valence-corrected chi connectivity index (χ1v) is 8.54. The molecule has 0 aliphatic carbocycles. The van der Waals surface area contributed by atoms with Gasteiger partial charge in [-0.2, -0.15) is 0 Å². The van der Waals surface area contributed by atoms with Crippen molar-refractivity contribution < 1.29 is 23.7 Å². The van der Waals surface area contributed by atoms with Crippen LogP contribution in [0.3, 0.4) is 0 Å². The second kappa shape index (κ2) is 5.61. The van der Waals surface area contributed by atoms with Crippen LogP contribution in [0.15, 0.2) is 53.4 Å². The van der Waals surface area contributed by atoms with Crippen LogP contribution in [0.5, 0.6) is 17.2 Å². The summed E-state index contributed by atoms with van der Waals surface area (Å²) in [5, 5.41) is 30.3. The fraction of sp³-hybridized carbons (Fsp3) is 0.0588. The molecular weight excluding hydrogens is 330 g/mol. The number of fused-ring (bicyclic) bond motifs is 1. The van der Waals surface area contributed by atoms with E-state index in [0.29, 0.717) is 16.3 Å². The number of phenols is 3. The Kier molecular flexibility index (Phi) is 3.73. The summed E-state index contributed by atoms with van der Waals surface area (Å²) in [5.74, 6) is -0.471. The molecular formula is C17H15NO5S. The van der Waals surface area contributed by atoms with Gasteiger partial charge in [0.15, 0.2) is 0 Å². The quantitative estimate of drug-likeness (QED) is 0.546. The normalized spacial score (nSPS) is 11.5. The van der Waals surface area contributed by atoms with Crippen LogP contribution in [-0.2, 0) is 10.0 Å². The molecule has 3 rings (SSSR count). The number of nitrogens with one attached hydrogen (secondary N) is 1. The number of sulfonamides is 1. The first kappa shape index (κ1) is 15.9. The number of anilines is 1. The lowest BCUT2D eigenvalue weighted by atomic mass is 10.0. The molecule has 0 atom stereocenters. The fourth-order valence-corrected chi connectivity index (χ4v) is 3.55. The second-order valence-electron chi connectivity index (χ2n) is 5.37. The minimum absolute atomic E-state index is 0.0590. The third-order valence-corrected chi connectivity index (χ3v) is 5.15. The van der Waals surface area contributed by atoms with E-state index in [4.69, 9.17) is 0 Å². The Morgan fingerprint density at radius 3 is 2.25 bits per heavy atom. The number of aryl methyl sites for hydroxylation is 1. The predicted molar refractivity (Wildman–Crippen MR) is 90.9 cm³/mol. The molecule has 0 amide bonds. The van der Waals surface area contributed by atoms with Crippen LogP contribution in [-0.4, -0.2) is 23.7 Å². The third kappa shape index (κ3) is 2.69. The van der Waals surface area contributed by atoms with E-state index in [1.807, 2.05) is 0 Å². The molecule has 24 heavy (non-hydrogen) atoms. The summed E-state index contributed by atoms with van der Waals surface area (Å²) < 4.78 is 27.3. The van der Waals surface area contributed by atoms with Crippen LogP contribution >= 0.6 is 0 Å². The lowest BCUT2D eigenvalue weighted by Gasteiger charge is -2.12. The second-order valence-corrected chi connectivity index (χ2v) is 7.05. The Labute approximate surface area is 138 Å². The molecule has 4 N–H and O–H groups in total. The highest BCUT2D eigenvalue weighted by atomic mass is 32.2. The van der Waals surface area contributed by atoms with Crippen molar-refractivity contribution in [3.63, 3.8) is 0 Å². The lowest BCUT2D eigenvalue weighted by Crippen LogP contribution is -2.13. The van der Waals surface area contributed by atoms with Crippen molar-refractivity contribution in [2.75, 3.05) is 4.72 Å². The number of hydrogen-bond acceptors (Lipinski definition) is 5. The first-order valence-electron chi connectivity index (χ1n) is 7.06. The molecule has 3 aromatic carbocycles. The van der Waals surface area contributed by atoms with Crippen molar-refractivity contribution in [3.05, 3.63) is 54.1 Å². The zero-order valence-electron chi connectivity index (χ0n) is 12.7. The van der Waals surface area contributed by atoms with Crippen molar-refractivity contribution in [2.45, 2.75) is 11.8 Å². The molecule has 0 saturated heterocycles. The summed E-state index contributed by atoms with van der Waals surface area (Å²) in [6.07, 6.45) is 0. The van der Waals surface area contributed by atoms with E-state index in [-0.39, 0.29) is 27.8 Å². The average molecular weight is 345 g/mol. The number of rotatable bonds is 3. The lowest BCUT2D eigenvalue weighted by molar-refractivity contribution is 0.452. The molecule has 0 heterocycles. The van der Waals surface area contributed by atoms with E-state index in [2.05, 4.69) is 4.72 Å². The Morgan fingerprint density at radius 2 is 1.54 bits per heavy atom. The van der Waals surface area contributed by atoms with Crippen LogP contribution in [0.4, 0.5) is 5.69 Å². The van der Waals surface area contributed by atoms with Gasteiger partial charge in [0, 0.05) is 11.5 Å². The molecule has 0 fully saturated rings. The van der Waals surface area contributed by atoms with E-state index < -0.39 is 10.0 Å². The molecule has 7 heteroatoms. The van der Waals surface area contributed by atoms with E-state index >= 15 is 0 Å². The molecule has 0 aliphatic rings. The molecule has 6 nitrogen and oxygen atoms in total. The highest BCUT2D eigenvalue weighted by Crippen LogP contribution is 2.35. The maximum atomic E-state index is 12.5. The Bertz CT molecular complexity index is 1040. The number of benzene rings is 3. The topological polar surface area (TPSA) is 107 Å². The van der Waals surface area contributed by atoms with E-state index in [9.17, 15) is 23.7 Å². The van der Waals surface area contributed by atoms with Crippen LogP contribution in [0.1, 0.15) is 5.56 Å². The summed E-state index contributed by atoms with van der Waals surface area (Å²) in [4.78, 5) is -0.0707. The Hall–Kier alpha value is -2.93. The molecule has 0 bridgehead atoms. The highest BCUT2D eigenvalue weighted by Gasteiger charge is 2.18. The van der Waals surface area contributed by atoms with Gasteiger partial charge in [-0.15, -0.1) is 0 Å². The summed E-state index contributed by atoms with van der Waals surface area (Å²) >= 11 is 0. The number of hydrogen-bond donors (Lipinski definition) is 4. The molecule has 124 valence electrons. The maximum absolute atomic E-state index is 12.5. The van der Waals surface area contributed by atoms with Gasteiger partial charge in [0.2, 0.25) is 0 Å². The van der Waals surface area contributed by atoms with Gasteiger partial charge in [0.05, 0.1) is 10.6 Å². The van der Waals surface area contributed by atoms with Gasteiger partial charge in [0.25, 0.3) is 10.0 Å². The van der Waals surface area contributed by atoms with Crippen molar-refractivity contribution in [2.24, 2.45) is 0 Å². The van der Waals surface area contributed by atoms with Gasteiger partial charge in [0.1, 0.15) is 17.2 Å². The van der Waals surface area contributed by atoms with Gasteiger partial charge in [-0.1, -0.05) is 18.2 Å². The monoisotopic (exact) mass is 345 g/mol. The fourth-order valence-electron chi connectivity index (χ4n) is 2.45. The van der Waals surface area contributed by atoms with Crippen LogP contribution in [0.2, 0.25) is 0 Å². The summed E-state index contributed by atoms with van der Waals surface area (Å²) in [6, 6.07) is 11.4. The van der Waals surface area contributed by atoms with Crippen molar-refractivity contribution in [1.29, 1.82) is 0 Å². The minimum atomic E-state index is -3.95. The predicted octanol–water partition coefficient (Wildman–Crippen LogP) is 3.07. The molecule has 0 saturated carbocycles. The number of phenolic OH excluding ortho intramolecular Hbond substituents is 3. The van der Waals surface area contributed by atoms with Crippen LogP contribution in [0, 0.1) is 6.92 Å². The zero-order chi connectivity index (χ0) is 17.5. The number of aromatic hydroxyl groups is 3. The Morgan fingerprint density at radius 1 is 0.833 bits per heavy atom. The van der Waals surface area contributed by atoms with Gasteiger partial charge in [-0.3, -0.25) is 4.72 Å². The largest absolute Gasteiger partial charge is 0.508 e. The van der Waals surface area contributed by atoms with E-state index in [0.717, 1.165) is 0 Å². The number of para-hydroxylation sites is 2. The molecule has 0 aromatic heterocycles. The van der Waals surface area contributed by atoms with E-state index in [1.165, 1.54) is 36.4 Å². The van der Waals surface area contributed by atoms with Gasteiger partial charge in [-0.05, 0) is 42.1 Å². The van der Waals surface area contributed by atoms with Crippen molar-refractivity contribution >= 4 is 26.5 Å². The van der Waals surface area contributed by atoms with Crippen molar-refractivity contribution in [1.82, 2.24) is 0 Å².